The number of carbonyl (C=O) groups is 1. The van der Waals surface area contributed by atoms with Gasteiger partial charge in [0.2, 0.25) is 0 Å². The molecule has 3 nitrogen and oxygen atoms in total. The number of benzene rings is 1. The summed E-state index contributed by atoms with van der Waals surface area (Å²) < 4.78 is 6.00. The van der Waals surface area contributed by atoms with Crippen molar-refractivity contribution in [3.05, 3.63) is 28.8 Å². The van der Waals surface area contributed by atoms with E-state index < -0.39 is 0 Å². The molecule has 1 aliphatic heterocycles. The van der Waals surface area contributed by atoms with Gasteiger partial charge in [-0.2, -0.15) is 0 Å². The first-order chi connectivity index (χ1) is 10.7. The van der Waals surface area contributed by atoms with Crippen molar-refractivity contribution in [3.63, 3.8) is 0 Å². The molecule has 0 unspecified atom stereocenters. The fourth-order valence-electron chi connectivity index (χ4n) is 3.20. The lowest BCUT2D eigenvalue weighted by Crippen LogP contribution is -2.26. The lowest BCUT2D eigenvalue weighted by atomic mass is 9.79. The molecule has 0 spiro atoms. The topological polar surface area (TPSA) is 38.3 Å². The van der Waals surface area contributed by atoms with Gasteiger partial charge in [0.25, 0.3) is 5.91 Å². The molecule has 1 aromatic carbocycles. The average molecular weight is 315 g/mol. The van der Waals surface area contributed by atoms with Gasteiger partial charge in [-0.3, -0.25) is 4.79 Å². The van der Waals surface area contributed by atoms with Crippen LogP contribution in [0, 0.1) is 5.92 Å². The Balaban J connectivity index is 1.89. The first-order valence-corrected chi connectivity index (χ1v) is 8.78. The van der Waals surface area contributed by atoms with Gasteiger partial charge >= 0.3 is 0 Å². The molecule has 3 rings (SSSR count). The second kappa shape index (κ2) is 5.54. The highest BCUT2D eigenvalue weighted by molar-refractivity contribution is 5.95. The highest BCUT2D eigenvalue weighted by atomic mass is 16.5. The normalized spacial score (nSPS) is 19.2. The maximum absolute atomic E-state index is 12.6. The molecule has 1 N–H and O–H groups in total. The Labute approximate surface area is 139 Å². The largest absolute Gasteiger partial charge is 0.492 e. The summed E-state index contributed by atoms with van der Waals surface area (Å²) in [5, 5.41) is 3.09. The Morgan fingerprint density at radius 1 is 1.30 bits per heavy atom. The highest BCUT2D eigenvalue weighted by Gasteiger charge is 2.36. The zero-order chi connectivity index (χ0) is 16.8. The lowest BCUT2D eigenvalue weighted by Gasteiger charge is -2.24. The van der Waals surface area contributed by atoms with E-state index in [0.717, 1.165) is 41.3 Å². The van der Waals surface area contributed by atoms with E-state index >= 15 is 0 Å². The Morgan fingerprint density at radius 2 is 2.00 bits per heavy atom. The Kier molecular flexibility index (Phi) is 3.94. The summed E-state index contributed by atoms with van der Waals surface area (Å²) in [6.45, 7) is 12.3. The summed E-state index contributed by atoms with van der Waals surface area (Å²) in [7, 11) is 0. The van der Waals surface area contributed by atoms with Crippen molar-refractivity contribution < 1.29 is 9.53 Å². The third-order valence-electron chi connectivity index (χ3n) is 5.00. The Morgan fingerprint density at radius 3 is 2.61 bits per heavy atom. The number of nitrogens with one attached hydrogen (secondary N) is 1. The lowest BCUT2D eigenvalue weighted by molar-refractivity contribution is 0.0952. The van der Waals surface area contributed by atoms with Crippen molar-refractivity contribution in [2.24, 2.45) is 5.92 Å². The number of rotatable bonds is 4. The molecule has 2 aliphatic rings. The standard InChI is InChI=1S/C20H29NO2/c1-19(2,3)15-10-14(18(22)21-9-8-13-6-7-13)11-16-17(15)23-12-20(16,4)5/h10-11,13H,6-9,12H2,1-5H3,(H,21,22). The summed E-state index contributed by atoms with van der Waals surface area (Å²) in [6, 6.07) is 4.05. The molecule has 1 aliphatic carbocycles. The van der Waals surface area contributed by atoms with Crippen molar-refractivity contribution in [1.82, 2.24) is 5.32 Å². The van der Waals surface area contributed by atoms with Gasteiger partial charge in [0.1, 0.15) is 5.75 Å². The van der Waals surface area contributed by atoms with E-state index in [1.54, 1.807) is 0 Å². The molecule has 1 heterocycles. The fraction of sp³-hybridized carbons (Fsp3) is 0.650. The van der Waals surface area contributed by atoms with Crippen molar-refractivity contribution in [3.8, 4) is 5.75 Å². The van der Waals surface area contributed by atoms with Crippen LogP contribution < -0.4 is 10.1 Å². The fourth-order valence-corrected chi connectivity index (χ4v) is 3.20. The van der Waals surface area contributed by atoms with Crippen LogP contribution >= 0.6 is 0 Å². The van der Waals surface area contributed by atoms with Crippen molar-refractivity contribution in [1.29, 1.82) is 0 Å². The van der Waals surface area contributed by atoms with E-state index in [4.69, 9.17) is 4.74 Å². The number of fused-ring (bicyclic) bond motifs is 1. The van der Waals surface area contributed by atoms with Crippen LogP contribution in [0.15, 0.2) is 12.1 Å². The van der Waals surface area contributed by atoms with Crippen molar-refractivity contribution in [2.75, 3.05) is 13.2 Å². The van der Waals surface area contributed by atoms with Gasteiger partial charge < -0.3 is 10.1 Å². The molecular formula is C20H29NO2. The van der Waals surface area contributed by atoms with Gasteiger partial charge in [0.05, 0.1) is 6.61 Å². The van der Waals surface area contributed by atoms with Gasteiger partial charge in [0.15, 0.2) is 0 Å². The molecule has 1 amide bonds. The molecule has 23 heavy (non-hydrogen) atoms. The molecule has 0 bridgehead atoms. The van der Waals surface area contributed by atoms with Crippen LogP contribution in [-0.2, 0) is 10.8 Å². The molecule has 3 heteroatoms. The molecule has 1 saturated carbocycles. The van der Waals surface area contributed by atoms with Crippen LogP contribution in [0.1, 0.15) is 75.4 Å². The van der Waals surface area contributed by atoms with E-state index in [0.29, 0.717) is 6.61 Å². The van der Waals surface area contributed by atoms with Gasteiger partial charge in [-0.05, 0) is 29.9 Å². The second-order valence-electron chi connectivity index (χ2n) is 8.81. The molecule has 126 valence electrons. The molecule has 0 radical (unpaired) electrons. The second-order valence-corrected chi connectivity index (χ2v) is 8.81. The third-order valence-corrected chi connectivity index (χ3v) is 5.00. The monoisotopic (exact) mass is 315 g/mol. The number of hydrogen-bond acceptors (Lipinski definition) is 2. The predicted octanol–water partition coefficient (Wildman–Crippen LogP) is 4.18. The zero-order valence-corrected chi connectivity index (χ0v) is 15.1. The van der Waals surface area contributed by atoms with Gasteiger partial charge in [-0.15, -0.1) is 0 Å². The molecule has 1 fully saturated rings. The number of amides is 1. The van der Waals surface area contributed by atoms with Crippen LogP contribution in [0.2, 0.25) is 0 Å². The summed E-state index contributed by atoms with van der Waals surface area (Å²) in [5.41, 5.74) is 2.97. The summed E-state index contributed by atoms with van der Waals surface area (Å²) >= 11 is 0. The molecule has 0 atom stereocenters. The highest BCUT2D eigenvalue weighted by Crippen LogP contribution is 2.45. The van der Waals surface area contributed by atoms with E-state index in [1.807, 2.05) is 12.1 Å². The van der Waals surface area contributed by atoms with Crippen LogP contribution in [0.3, 0.4) is 0 Å². The number of carbonyl (C=O) groups excluding carboxylic acids is 1. The van der Waals surface area contributed by atoms with E-state index in [-0.39, 0.29) is 16.7 Å². The van der Waals surface area contributed by atoms with Crippen LogP contribution in [0.4, 0.5) is 0 Å². The van der Waals surface area contributed by atoms with Crippen molar-refractivity contribution >= 4 is 5.91 Å². The number of ether oxygens (including phenoxy) is 1. The first-order valence-electron chi connectivity index (χ1n) is 8.78. The minimum atomic E-state index is -0.0468. The molecule has 0 saturated heterocycles. The summed E-state index contributed by atoms with van der Waals surface area (Å²) in [4.78, 5) is 12.6. The van der Waals surface area contributed by atoms with Crippen LogP contribution in [0.25, 0.3) is 0 Å². The average Bonchev–Trinajstić information content (AvgIpc) is 3.22. The van der Waals surface area contributed by atoms with Gasteiger partial charge in [-0.1, -0.05) is 47.5 Å². The summed E-state index contributed by atoms with van der Waals surface area (Å²) in [5.74, 6) is 1.87. The SMILES string of the molecule is CC(C)(C)c1cc(C(=O)NCCC2CC2)cc2c1OCC2(C)C. The van der Waals surface area contributed by atoms with Crippen LogP contribution in [-0.4, -0.2) is 19.1 Å². The van der Waals surface area contributed by atoms with Gasteiger partial charge in [0, 0.05) is 28.7 Å². The predicted molar refractivity (Wildman–Crippen MR) is 93.3 cm³/mol. The Bertz CT molecular complexity index is 621. The van der Waals surface area contributed by atoms with Crippen LogP contribution in [0.5, 0.6) is 5.75 Å². The van der Waals surface area contributed by atoms with Crippen molar-refractivity contribution in [2.45, 2.75) is 64.7 Å². The third kappa shape index (κ3) is 3.39. The summed E-state index contributed by atoms with van der Waals surface area (Å²) in [6.07, 6.45) is 3.76. The minimum Gasteiger partial charge on any atom is -0.492 e. The molecular weight excluding hydrogens is 286 g/mol. The quantitative estimate of drug-likeness (QED) is 0.905. The van der Waals surface area contributed by atoms with Gasteiger partial charge in [-0.25, -0.2) is 0 Å². The molecule has 1 aromatic rings. The smallest absolute Gasteiger partial charge is 0.251 e. The maximum Gasteiger partial charge on any atom is 0.251 e. The van der Waals surface area contributed by atoms with E-state index in [1.165, 1.54) is 12.8 Å². The number of hydrogen-bond donors (Lipinski definition) is 1. The molecule has 0 aromatic heterocycles. The zero-order valence-electron chi connectivity index (χ0n) is 15.1. The van der Waals surface area contributed by atoms with E-state index in [9.17, 15) is 4.79 Å². The minimum absolute atomic E-state index is 0.0420. The Hall–Kier alpha value is -1.51. The first kappa shape index (κ1) is 16.4. The maximum atomic E-state index is 12.6. The van der Waals surface area contributed by atoms with E-state index in [2.05, 4.69) is 39.9 Å².